The maximum atomic E-state index is 9.28. The highest BCUT2D eigenvalue weighted by atomic mass is 14.9. The standard InChI is InChI=1S/C18H20N2/c1-4-14-7-6-8-15(5-2)18(14)20-17-10-9-13(3)11-16(17)12-19/h6-11,20H,4-5H2,1-3H3. The predicted octanol–water partition coefficient (Wildman–Crippen LogP) is 4.74. The molecule has 0 saturated carbocycles. The van der Waals surface area contributed by atoms with Crippen LogP contribution in [0.2, 0.25) is 0 Å². The third kappa shape index (κ3) is 2.83. The molecule has 2 aromatic carbocycles. The van der Waals surface area contributed by atoms with Crippen molar-refractivity contribution in [2.75, 3.05) is 5.32 Å². The van der Waals surface area contributed by atoms with Crippen LogP contribution in [-0.4, -0.2) is 0 Å². The number of nitrogens with zero attached hydrogens (tertiary/aromatic N) is 1. The van der Waals surface area contributed by atoms with Gasteiger partial charge in [0.2, 0.25) is 0 Å². The predicted molar refractivity (Wildman–Crippen MR) is 84.4 cm³/mol. The molecule has 0 aromatic heterocycles. The van der Waals surface area contributed by atoms with Gasteiger partial charge in [-0.3, -0.25) is 0 Å². The lowest BCUT2D eigenvalue weighted by Gasteiger charge is -2.16. The van der Waals surface area contributed by atoms with Gasteiger partial charge in [0.25, 0.3) is 0 Å². The van der Waals surface area contributed by atoms with E-state index in [9.17, 15) is 5.26 Å². The molecule has 102 valence electrons. The van der Waals surface area contributed by atoms with Gasteiger partial charge in [-0.2, -0.15) is 5.26 Å². The van der Waals surface area contributed by atoms with Gasteiger partial charge in [-0.15, -0.1) is 0 Å². The van der Waals surface area contributed by atoms with Crippen molar-refractivity contribution in [3.05, 3.63) is 58.7 Å². The van der Waals surface area contributed by atoms with E-state index in [1.54, 1.807) is 0 Å². The number of nitriles is 1. The Bertz CT molecular complexity index is 629. The normalized spacial score (nSPS) is 10.1. The largest absolute Gasteiger partial charge is 0.354 e. The minimum atomic E-state index is 0.693. The maximum Gasteiger partial charge on any atom is 0.101 e. The average molecular weight is 264 g/mol. The van der Waals surface area contributed by atoms with Crippen LogP contribution in [0, 0.1) is 18.3 Å². The summed E-state index contributed by atoms with van der Waals surface area (Å²) in [6.45, 7) is 6.31. The Morgan fingerprint density at radius 3 is 2.25 bits per heavy atom. The molecule has 1 N–H and O–H groups in total. The second kappa shape index (κ2) is 6.25. The number of rotatable bonds is 4. The van der Waals surface area contributed by atoms with E-state index in [4.69, 9.17) is 0 Å². The van der Waals surface area contributed by atoms with Crippen LogP contribution in [0.3, 0.4) is 0 Å². The van der Waals surface area contributed by atoms with Crippen LogP contribution in [0.5, 0.6) is 0 Å². The molecule has 0 saturated heterocycles. The number of nitrogens with one attached hydrogen (secondary N) is 1. The van der Waals surface area contributed by atoms with Crippen molar-refractivity contribution in [1.82, 2.24) is 0 Å². The fraction of sp³-hybridized carbons (Fsp3) is 0.278. The van der Waals surface area contributed by atoms with Crippen LogP contribution in [0.4, 0.5) is 11.4 Å². The van der Waals surface area contributed by atoms with Crippen LogP contribution in [0.1, 0.15) is 36.1 Å². The van der Waals surface area contributed by atoms with E-state index in [1.807, 2.05) is 25.1 Å². The first-order valence-electron chi connectivity index (χ1n) is 7.08. The molecule has 2 rings (SSSR count). The van der Waals surface area contributed by atoms with Gasteiger partial charge in [0, 0.05) is 5.69 Å². The van der Waals surface area contributed by atoms with Crippen LogP contribution in [0.25, 0.3) is 0 Å². The summed E-state index contributed by atoms with van der Waals surface area (Å²) in [5.41, 5.74) is 6.40. The lowest BCUT2D eigenvalue weighted by atomic mass is 10.0. The molecule has 0 fully saturated rings. The molecule has 0 spiro atoms. The molecule has 0 atom stereocenters. The molecule has 2 aromatic rings. The van der Waals surface area contributed by atoms with Gasteiger partial charge in [0.15, 0.2) is 0 Å². The number of anilines is 2. The summed E-state index contributed by atoms with van der Waals surface area (Å²) < 4.78 is 0. The highest BCUT2D eigenvalue weighted by Gasteiger charge is 2.09. The summed E-state index contributed by atoms with van der Waals surface area (Å²) in [6, 6.07) is 14.6. The summed E-state index contributed by atoms with van der Waals surface area (Å²) in [7, 11) is 0. The van der Waals surface area contributed by atoms with Crippen LogP contribution in [0.15, 0.2) is 36.4 Å². The first kappa shape index (κ1) is 14.1. The Morgan fingerprint density at radius 1 is 1.05 bits per heavy atom. The van der Waals surface area contributed by atoms with Crippen molar-refractivity contribution in [1.29, 1.82) is 5.26 Å². The summed E-state index contributed by atoms with van der Waals surface area (Å²) in [5, 5.41) is 12.8. The van der Waals surface area contributed by atoms with Crippen molar-refractivity contribution in [2.45, 2.75) is 33.6 Å². The van der Waals surface area contributed by atoms with Gasteiger partial charge in [0.05, 0.1) is 11.3 Å². The molecule has 0 unspecified atom stereocenters. The lowest BCUT2D eigenvalue weighted by molar-refractivity contribution is 1.09. The molecule has 0 amide bonds. The van der Waals surface area contributed by atoms with E-state index in [0.29, 0.717) is 5.56 Å². The highest BCUT2D eigenvalue weighted by molar-refractivity contribution is 5.71. The topological polar surface area (TPSA) is 35.8 Å². The molecular formula is C18H20N2. The highest BCUT2D eigenvalue weighted by Crippen LogP contribution is 2.28. The van der Waals surface area contributed by atoms with E-state index in [0.717, 1.165) is 29.8 Å². The van der Waals surface area contributed by atoms with Gasteiger partial charge < -0.3 is 5.32 Å². The zero-order valence-electron chi connectivity index (χ0n) is 12.3. The number of hydrogen-bond acceptors (Lipinski definition) is 2. The second-order valence-electron chi connectivity index (χ2n) is 4.94. The smallest absolute Gasteiger partial charge is 0.101 e. The average Bonchev–Trinajstić information content (AvgIpc) is 2.49. The fourth-order valence-electron chi connectivity index (χ4n) is 2.40. The minimum Gasteiger partial charge on any atom is -0.354 e. The quantitative estimate of drug-likeness (QED) is 0.866. The van der Waals surface area contributed by atoms with Gasteiger partial charge in [-0.1, -0.05) is 38.1 Å². The van der Waals surface area contributed by atoms with Crippen LogP contribution >= 0.6 is 0 Å². The van der Waals surface area contributed by atoms with Gasteiger partial charge in [0.1, 0.15) is 6.07 Å². The molecule has 0 heterocycles. The molecule has 0 radical (unpaired) electrons. The zero-order valence-corrected chi connectivity index (χ0v) is 12.3. The maximum absolute atomic E-state index is 9.28. The first-order valence-corrected chi connectivity index (χ1v) is 7.08. The number of benzene rings is 2. The number of aryl methyl sites for hydroxylation is 3. The molecule has 20 heavy (non-hydrogen) atoms. The molecule has 0 bridgehead atoms. The van der Waals surface area contributed by atoms with E-state index < -0.39 is 0 Å². The minimum absolute atomic E-state index is 0.693. The van der Waals surface area contributed by atoms with Crippen molar-refractivity contribution < 1.29 is 0 Å². The Kier molecular flexibility index (Phi) is 4.42. The third-order valence-electron chi connectivity index (χ3n) is 3.55. The Labute approximate surface area is 121 Å². The van der Waals surface area contributed by atoms with Crippen molar-refractivity contribution in [3.8, 4) is 6.07 Å². The van der Waals surface area contributed by atoms with Crippen LogP contribution < -0.4 is 5.32 Å². The van der Waals surface area contributed by atoms with Gasteiger partial charge in [-0.25, -0.2) is 0 Å². The molecule has 0 aliphatic heterocycles. The molecule has 0 aliphatic rings. The van der Waals surface area contributed by atoms with Gasteiger partial charge >= 0.3 is 0 Å². The molecule has 2 nitrogen and oxygen atoms in total. The third-order valence-corrected chi connectivity index (χ3v) is 3.55. The Balaban J connectivity index is 2.47. The van der Waals surface area contributed by atoms with Crippen molar-refractivity contribution in [2.24, 2.45) is 0 Å². The summed E-state index contributed by atoms with van der Waals surface area (Å²) in [5.74, 6) is 0. The number of para-hydroxylation sites is 1. The Hall–Kier alpha value is -2.27. The zero-order chi connectivity index (χ0) is 14.5. The fourth-order valence-corrected chi connectivity index (χ4v) is 2.40. The van der Waals surface area contributed by atoms with Crippen LogP contribution in [-0.2, 0) is 12.8 Å². The van der Waals surface area contributed by atoms with E-state index in [2.05, 4.69) is 43.4 Å². The second-order valence-corrected chi connectivity index (χ2v) is 4.94. The summed E-state index contributed by atoms with van der Waals surface area (Å²) >= 11 is 0. The van der Waals surface area contributed by atoms with E-state index in [-0.39, 0.29) is 0 Å². The molecule has 0 aliphatic carbocycles. The summed E-state index contributed by atoms with van der Waals surface area (Å²) in [6.07, 6.45) is 1.95. The first-order chi connectivity index (χ1) is 9.69. The van der Waals surface area contributed by atoms with E-state index >= 15 is 0 Å². The van der Waals surface area contributed by atoms with Crippen molar-refractivity contribution >= 4 is 11.4 Å². The van der Waals surface area contributed by atoms with Crippen molar-refractivity contribution in [3.63, 3.8) is 0 Å². The monoisotopic (exact) mass is 264 g/mol. The summed E-state index contributed by atoms with van der Waals surface area (Å²) in [4.78, 5) is 0. The SMILES string of the molecule is CCc1cccc(CC)c1Nc1ccc(C)cc1C#N. The van der Waals surface area contributed by atoms with E-state index in [1.165, 1.54) is 11.1 Å². The Morgan fingerprint density at radius 2 is 1.70 bits per heavy atom. The molecule has 2 heteroatoms. The molecular weight excluding hydrogens is 244 g/mol. The van der Waals surface area contributed by atoms with Gasteiger partial charge in [-0.05, 0) is 48.6 Å². The number of hydrogen-bond donors (Lipinski definition) is 1. The lowest BCUT2D eigenvalue weighted by Crippen LogP contribution is -2.01.